The number of benzene rings is 1. The predicted molar refractivity (Wildman–Crippen MR) is 66.8 cm³/mol. The molecule has 1 aliphatic rings. The van der Waals surface area contributed by atoms with Gasteiger partial charge in [0.15, 0.2) is 5.76 Å². The number of hydrogen-bond donors (Lipinski definition) is 0. The average molecular weight is 302 g/mol. The molecule has 0 aliphatic carbocycles. The second-order valence-electron chi connectivity index (χ2n) is 3.51. The molecule has 0 radical (unpaired) electrons. The molecule has 2 nitrogen and oxygen atoms in total. The molecule has 4 heteroatoms. The Balaban J connectivity index is 2.30. The quantitative estimate of drug-likeness (QED) is 0.772. The molecule has 16 heavy (non-hydrogen) atoms. The number of ketones is 1. The molecule has 0 N–H and O–H groups in total. The lowest BCUT2D eigenvalue weighted by Crippen LogP contribution is -2.11. The van der Waals surface area contributed by atoms with E-state index in [1.165, 1.54) is 0 Å². The van der Waals surface area contributed by atoms with Crippen LogP contribution < -0.4 is 0 Å². The number of halogens is 2. The predicted octanol–water partition coefficient (Wildman–Crippen LogP) is 3.98. The number of allylic oxidation sites excluding steroid dienone is 2. The van der Waals surface area contributed by atoms with Crippen LogP contribution in [0.25, 0.3) is 0 Å². The highest BCUT2D eigenvalue weighted by Crippen LogP contribution is 2.25. The lowest BCUT2D eigenvalue weighted by molar-refractivity contribution is 0.0898. The molecule has 84 valence electrons. The number of ether oxygens (including phenoxy) is 1. The van der Waals surface area contributed by atoms with Gasteiger partial charge in [-0.25, -0.2) is 0 Å². The minimum Gasteiger partial charge on any atom is -0.490 e. The van der Waals surface area contributed by atoms with Gasteiger partial charge in [0.2, 0.25) is 5.78 Å². The molecule has 1 aliphatic heterocycles. The lowest BCUT2D eigenvalue weighted by atomic mass is 10.1. The monoisotopic (exact) mass is 300 g/mol. The number of hydrogen-bond acceptors (Lipinski definition) is 2. The van der Waals surface area contributed by atoms with E-state index in [0.29, 0.717) is 27.4 Å². The minimum absolute atomic E-state index is 0.0942. The van der Waals surface area contributed by atoms with Gasteiger partial charge in [0.1, 0.15) is 0 Å². The number of carbonyl (C=O) groups is 1. The molecule has 0 saturated heterocycles. The Hall–Kier alpha value is -0.800. The lowest BCUT2D eigenvalue weighted by Gasteiger charge is -2.14. The van der Waals surface area contributed by atoms with Crippen LogP contribution in [0.4, 0.5) is 0 Å². The molecule has 1 aromatic carbocycles. The summed E-state index contributed by atoms with van der Waals surface area (Å²) in [6.45, 7) is 0.614. The van der Waals surface area contributed by atoms with Crippen LogP contribution in [0, 0.1) is 0 Å². The Morgan fingerprint density at radius 2 is 2.25 bits per heavy atom. The third-order valence-corrected chi connectivity index (χ3v) is 3.23. The van der Waals surface area contributed by atoms with Gasteiger partial charge in [-0.1, -0.05) is 11.6 Å². The summed E-state index contributed by atoms with van der Waals surface area (Å²) in [7, 11) is 0. The first-order valence-electron chi connectivity index (χ1n) is 5.01. The topological polar surface area (TPSA) is 26.3 Å². The third kappa shape index (κ3) is 2.47. The van der Waals surface area contributed by atoms with E-state index in [0.717, 1.165) is 12.8 Å². The Morgan fingerprint density at radius 1 is 1.44 bits per heavy atom. The van der Waals surface area contributed by atoms with Gasteiger partial charge in [-0.05, 0) is 53.0 Å². The number of Topliss-reactive ketones (excluding diaryl/α,β-unsaturated/α-hetero) is 1. The van der Waals surface area contributed by atoms with Gasteiger partial charge in [-0.2, -0.15) is 0 Å². The van der Waals surface area contributed by atoms with Crippen LogP contribution in [0.2, 0.25) is 5.02 Å². The number of rotatable bonds is 2. The molecule has 2 rings (SSSR count). The van der Waals surface area contributed by atoms with E-state index in [-0.39, 0.29) is 5.78 Å². The standard InChI is InChI=1S/C12H10BrClO2/c13-10-7-8(14)4-5-9(10)12(15)11-3-1-2-6-16-11/h3-5,7H,1-2,6H2. The van der Waals surface area contributed by atoms with E-state index < -0.39 is 0 Å². The van der Waals surface area contributed by atoms with Crippen molar-refractivity contribution in [3.63, 3.8) is 0 Å². The van der Waals surface area contributed by atoms with Gasteiger partial charge >= 0.3 is 0 Å². The van der Waals surface area contributed by atoms with E-state index in [2.05, 4.69) is 15.9 Å². The van der Waals surface area contributed by atoms with Crippen molar-refractivity contribution in [2.24, 2.45) is 0 Å². The maximum atomic E-state index is 12.1. The molecule has 0 amide bonds. The molecule has 0 spiro atoms. The molecular weight excluding hydrogens is 291 g/mol. The molecular formula is C12H10BrClO2. The first-order valence-corrected chi connectivity index (χ1v) is 6.18. The highest BCUT2D eigenvalue weighted by molar-refractivity contribution is 9.10. The SMILES string of the molecule is O=C(C1=CCCCO1)c1ccc(Cl)cc1Br. The Kier molecular flexibility index (Phi) is 3.66. The molecule has 0 atom stereocenters. The summed E-state index contributed by atoms with van der Waals surface area (Å²) in [5, 5.41) is 0.599. The van der Waals surface area contributed by atoms with Crippen molar-refractivity contribution >= 4 is 33.3 Å². The highest BCUT2D eigenvalue weighted by Gasteiger charge is 2.18. The minimum atomic E-state index is -0.0942. The zero-order valence-electron chi connectivity index (χ0n) is 8.50. The molecule has 0 aromatic heterocycles. The summed E-state index contributed by atoms with van der Waals surface area (Å²) in [6, 6.07) is 5.11. The largest absolute Gasteiger partial charge is 0.490 e. The molecule has 0 saturated carbocycles. The average Bonchev–Trinajstić information content (AvgIpc) is 2.29. The first kappa shape index (κ1) is 11.7. The second-order valence-corrected chi connectivity index (χ2v) is 4.80. The van der Waals surface area contributed by atoms with Crippen molar-refractivity contribution in [1.29, 1.82) is 0 Å². The van der Waals surface area contributed by atoms with Crippen molar-refractivity contribution in [2.75, 3.05) is 6.61 Å². The fourth-order valence-corrected chi connectivity index (χ4v) is 2.38. The Bertz CT molecular complexity index is 454. The van der Waals surface area contributed by atoms with Crippen LogP contribution >= 0.6 is 27.5 Å². The normalized spacial score (nSPS) is 15.2. The van der Waals surface area contributed by atoms with Crippen molar-refractivity contribution in [1.82, 2.24) is 0 Å². The molecule has 0 unspecified atom stereocenters. The highest BCUT2D eigenvalue weighted by atomic mass is 79.9. The van der Waals surface area contributed by atoms with Crippen LogP contribution in [-0.4, -0.2) is 12.4 Å². The van der Waals surface area contributed by atoms with E-state index in [1.807, 2.05) is 6.08 Å². The van der Waals surface area contributed by atoms with Gasteiger partial charge in [0.25, 0.3) is 0 Å². The van der Waals surface area contributed by atoms with Gasteiger partial charge in [-0.15, -0.1) is 0 Å². The van der Waals surface area contributed by atoms with Crippen LogP contribution in [0.3, 0.4) is 0 Å². The van der Waals surface area contributed by atoms with Crippen molar-refractivity contribution in [3.05, 3.63) is 45.1 Å². The summed E-state index contributed by atoms with van der Waals surface area (Å²) < 4.78 is 6.03. The summed E-state index contributed by atoms with van der Waals surface area (Å²) in [5.41, 5.74) is 0.581. The summed E-state index contributed by atoms with van der Waals surface area (Å²) >= 11 is 9.15. The molecule has 1 heterocycles. The fraction of sp³-hybridized carbons (Fsp3) is 0.250. The van der Waals surface area contributed by atoms with E-state index >= 15 is 0 Å². The van der Waals surface area contributed by atoms with Gasteiger partial charge in [-0.3, -0.25) is 4.79 Å². The van der Waals surface area contributed by atoms with Crippen molar-refractivity contribution in [3.8, 4) is 0 Å². The number of carbonyl (C=O) groups excluding carboxylic acids is 1. The van der Waals surface area contributed by atoms with Crippen molar-refractivity contribution in [2.45, 2.75) is 12.8 Å². The Labute approximate surface area is 107 Å². The second kappa shape index (κ2) is 5.02. The maximum absolute atomic E-state index is 12.1. The van der Waals surface area contributed by atoms with E-state index in [9.17, 15) is 4.79 Å². The van der Waals surface area contributed by atoms with Crippen LogP contribution in [0.1, 0.15) is 23.2 Å². The summed E-state index contributed by atoms with van der Waals surface area (Å²) in [6.07, 6.45) is 3.71. The van der Waals surface area contributed by atoms with Crippen molar-refractivity contribution < 1.29 is 9.53 Å². The Morgan fingerprint density at radius 3 is 2.88 bits per heavy atom. The summed E-state index contributed by atoms with van der Waals surface area (Å²) in [5.74, 6) is 0.345. The van der Waals surface area contributed by atoms with Gasteiger partial charge in [0.05, 0.1) is 6.61 Å². The van der Waals surface area contributed by atoms with Gasteiger partial charge < -0.3 is 4.74 Å². The molecule has 1 aromatic rings. The maximum Gasteiger partial charge on any atom is 0.228 e. The zero-order chi connectivity index (χ0) is 11.5. The van der Waals surface area contributed by atoms with E-state index in [4.69, 9.17) is 16.3 Å². The summed E-state index contributed by atoms with van der Waals surface area (Å²) in [4.78, 5) is 12.1. The van der Waals surface area contributed by atoms with Crippen LogP contribution in [-0.2, 0) is 4.74 Å². The smallest absolute Gasteiger partial charge is 0.228 e. The fourth-order valence-electron chi connectivity index (χ4n) is 1.52. The van der Waals surface area contributed by atoms with E-state index in [1.54, 1.807) is 18.2 Å². The first-order chi connectivity index (χ1) is 7.68. The van der Waals surface area contributed by atoms with Gasteiger partial charge in [0, 0.05) is 15.1 Å². The third-order valence-electron chi connectivity index (χ3n) is 2.34. The van der Waals surface area contributed by atoms with Crippen LogP contribution in [0.5, 0.6) is 0 Å². The van der Waals surface area contributed by atoms with Crippen LogP contribution in [0.15, 0.2) is 34.5 Å². The molecule has 0 bridgehead atoms. The zero-order valence-corrected chi connectivity index (χ0v) is 10.8. The molecule has 0 fully saturated rings.